The highest BCUT2D eigenvalue weighted by Gasteiger charge is 2.28. The van der Waals surface area contributed by atoms with Gasteiger partial charge in [0, 0.05) is 38.5 Å². The first-order valence-electron chi connectivity index (χ1n) is 6.68. The van der Waals surface area contributed by atoms with Crippen molar-refractivity contribution in [1.82, 2.24) is 10.2 Å². The van der Waals surface area contributed by atoms with E-state index in [9.17, 15) is 8.42 Å². The molecular weight excluding hydrogens is 280 g/mol. The molecule has 1 heterocycles. The van der Waals surface area contributed by atoms with Crippen LogP contribution >= 0.6 is 11.3 Å². The maximum atomic E-state index is 11.0. The van der Waals surface area contributed by atoms with Crippen molar-refractivity contribution in [2.24, 2.45) is 0 Å². The smallest absolute Gasteiger partial charge is 0.148 e. The molecule has 0 bridgehead atoms. The third kappa shape index (κ3) is 6.03. The number of hydrogen-bond donors (Lipinski definition) is 1. The zero-order valence-corrected chi connectivity index (χ0v) is 13.0. The van der Waals surface area contributed by atoms with Gasteiger partial charge in [0.15, 0.2) is 0 Å². The molecule has 6 heteroatoms. The fourth-order valence-corrected chi connectivity index (χ4v) is 3.23. The maximum absolute atomic E-state index is 11.0. The van der Waals surface area contributed by atoms with Gasteiger partial charge in [-0.05, 0) is 35.2 Å². The molecule has 1 aliphatic carbocycles. The highest BCUT2D eigenvalue weighted by atomic mass is 32.2. The molecular formula is C13H22N2O2S2. The van der Waals surface area contributed by atoms with Crippen molar-refractivity contribution in [2.75, 3.05) is 31.6 Å². The summed E-state index contributed by atoms with van der Waals surface area (Å²) in [6.45, 7) is 3.41. The zero-order chi connectivity index (χ0) is 13.7. The topological polar surface area (TPSA) is 49.4 Å². The highest BCUT2D eigenvalue weighted by molar-refractivity contribution is 7.90. The van der Waals surface area contributed by atoms with Gasteiger partial charge in [0.25, 0.3) is 0 Å². The number of nitrogens with zero attached hydrogens (tertiary/aromatic N) is 1. The molecule has 2 rings (SSSR count). The predicted molar refractivity (Wildman–Crippen MR) is 80.3 cm³/mol. The van der Waals surface area contributed by atoms with Crippen LogP contribution < -0.4 is 5.32 Å². The minimum Gasteiger partial charge on any atom is -0.314 e. The van der Waals surface area contributed by atoms with E-state index < -0.39 is 9.84 Å². The normalized spacial score (nSPS) is 16.1. The summed E-state index contributed by atoms with van der Waals surface area (Å²) in [5, 5.41) is 7.53. The third-order valence-electron chi connectivity index (χ3n) is 3.25. The second-order valence-corrected chi connectivity index (χ2v) is 8.25. The second-order valence-electron chi connectivity index (χ2n) is 5.21. The summed E-state index contributed by atoms with van der Waals surface area (Å²) in [7, 11) is -2.84. The molecule has 1 aromatic heterocycles. The van der Waals surface area contributed by atoms with E-state index in [-0.39, 0.29) is 5.75 Å². The van der Waals surface area contributed by atoms with Gasteiger partial charge < -0.3 is 5.32 Å². The van der Waals surface area contributed by atoms with Crippen LogP contribution in [0.5, 0.6) is 0 Å². The van der Waals surface area contributed by atoms with E-state index in [0.29, 0.717) is 6.54 Å². The molecule has 1 aliphatic rings. The van der Waals surface area contributed by atoms with Crippen molar-refractivity contribution in [2.45, 2.75) is 25.4 Å². The van der Waals surface area contributed by atoms with Gasteiger partial charge in [-0.2, -0.15) is 11.3 Å². The van der Waals surface area contributed by atoms with E-state index in [1.807, 2.05) is 0 Å². The van der Waals surface area contributed by atoms with Crippen molar-refractivity contribution >= 4 is 21.2 Å². The van der Waals surface area contributed by atoms with E-state index in [2.05, 4.69) is 27.0 Å². The standard InChI is InChI=1S/C13H22N2O2S2/c1-19(16,17)9-6-14-5-7-15(13-2-3-13)10-12-4-8-18-11-12/h4,8,11,13-14H,2-3,5-7,9-10H2,1H3. The predicted octanol–water partition coefficient (Wildman–Crippen LogP) is 1.35. The van der Waals surface area contributed by atoms with Crippen LogP contribution in [-0.4, -0.2) is 51.0 Å². The van der Waals surface area contributed by atoms with Gasteiger partial charge in [-0.25, -0.2) is 8.42 Å². The van der Waals surface area contributed by atoms with E-state index in [0.717, 1.165) is 25.7 Å². The summed E-state index contributed by atoms with van der Waals surface area (Å²) in [6.07, 6.45) is 3.88. The zero-order valence-electron chi connectivity index (χ0n) is 11.3. The van der Waals surface area contributed by atoms with Crippen molar-refractivity contribution in [1.29, 1.82) is 0 Å². The van der Waals surface area contributed by atoms with Crippen molar-refractivity contribution < 1.29 is 8.42 Å². The summed E-state index contributed by atoms with van der Waals surface area (Å²) < 4.78 is 22.0. The van der Waals surface area contributed by atoms with E-state index >= 15 is 0 Å². The summed E-state index contributed by atoms with van der Waals surface area (Å²) in [5.74, 6) is 0.223. The van der Waals surface area contributed by atoms with Gasteiger partial charge in [0.2, 0.25) is 0 Å². The van der Waals surface area contributed by atoms with Gasteiger partial charge in [0.05, 0.1) is 5.75 Å². The Kier molecular flexibility index (Phi) is 5.38. The van der Waals surface area contributed by atoms with Gasteiger partial charge >= 0.3 is 0 Å². The summed E-state index contributed by atoms with van der Waals surface area (Å²) in [5.41, 5.74) is 1.38. The molecule has 0 saturated heterocycles. The minimum absolute atomic E-state index is 0.223. The first kappa shape index (κ1) is 15.0. The third-order valence-corrected chi connectivity index (χ3v) is 4.93. The number of hydrogen-bond acceptors (Lipinski definition) is 5. The van der Waals surface area contributed by atoms with Crippen LogP contribution in [0, 0.1) is 0 Å². The molecule has 0 atom stereocenters. The quantitative estimate of drug-likeness (QED) is 0.700. The molecule has 0 aliphatic heterocycles. The Morgan fingerprint density at radius 3 is 2.79 bits per heavy atom. The summed E-state index contributed by atoms with van der Waals surface area (Å²) in [6, 6.07) is 2.91. The van der Waals surface area contributed by atoms with Crippen molar-refractivity contribution in [3.05, 3.63) is 22.4 Å². The van der Waals surface area contributed by atoms with Gasteiger partial charge in [0.1, 0.15) is 9.84 Å². The lowest BCUT2D eigenvalue weighted by Crippen LogP contribution is -2.34. The Labute approximate surface area is 119 Å². The lowest BCUT2D eigenvalue weighted by Gasteiger charge is -2.21. The van der Waals surface area contributed by atoms with Crippen LogP contribution in [0.2, 0.25) is 0 Å². The van der Waals surface area contributed by atoms with Crippen molar-refractivity contribution in [3.63, 3.8) is 0 Å². The van der Waals surface area contributed by atoms with Crippen molar-refractivity contribution in [3.8, 4) is 0 Å². The summed E-state index contributed by atoms with van der Waals surface area (Å²) in [4.78, 5) is 2.50. The average molecular weight is 302 g/mol. The molecule has 19 heavy (non-hydrogen) atoms. The molecule has 1 aromatic rings. The molecule has 108 valence electrons. The van der Waals surface area contributed by atoms with Crippen LogP contribution in [-0.2, 0) is 16.4 Å². The molecule has 1 saturated carbocycles. The number of rotatable bonds is 9. The Hall–Kier alpha value is -0.430. The monoisotopic (exact) mass is 302 g/mol. The van der Waals surface area contributed by atoms with E-state index in [4.69, 9.17) is 0 Å². The number of sulfone groups is 1. The van der Waals surface area contributed by atoms with Gasteiger partial charge in [-0.1, -0.05) is 0 Å². The van der Waals surface area contributed by atoms with E-state index in [1.54, 1.807) is 11.3 Å². The molecule has 0 radical (unpaired) electrons. The largest absolute Gasteiger partial charge is 0.314 e. The van der Waals surface area contributed by atoms with Gasteiger partial charge in [-0.15, -0.1) is 0 Å². The minimum atomic E-state index is -2.84. The van der Waals surface area contributed by atoms with Crippen LogP contribution in [0.4, 0.5) is 0 Å². The Morgan fingerprint density at radius 2 is 2.21 bits per heavy atom. The summed E-state index contributed by atoms with van der Waals surface area (Å²) >= 11 is 1.74. The lowest BCUT2D eigenvalue weighted by atomic mass is 10.3. The van der Waals surface area contributed by atoms with E-state index in [1.165, 1.54) is 24.7 Å². The first-order chi connectivity index (χ1) is 9.04. The number of thiophene rings is 1. The Balaban J connectivity index is 1.67. The second kappa shape index (κ2) is 6.83. The Bertz CT molecular complexity index is 467. The van der Waals surface area contributed by atoms with Crippen LogP contribution in [0.25, 0.3) is 0 Å². The average Bonchev–Trinajstić information content (AvgIpc) is 3.04. The highest BCUT2D eigenvalue weighted by Crippen LogP contribution is 2.28. The van der Waals surface area contributed by atoms with Crippen LogP contribution in [0.1, 0.15) is 18.4 Å². The molecule has 1 N–H and O–H groups in total. The Morgan fingerprint density at radius 1 is 1.42 bits per heavy atom. The SMILES string of the molecule is CS(=O)(=O)CCNCCN(Cc1ccsc1)C1CC1. The number of nitrogens with one attached hydrogen (secondary N) is 1. The molecule has 1 fully saturated rings. The lowest BCUT2D eigenvalue weighted by molar-refractivity contribution is 0.255. The molecule has 0 unspecified atom stereocenters. The molecule has 0 aromatic carbocycles. The molecule has 4 nitrogen and oxygen atoms in total. The maximum Gasteiger partial charge on any atom is 0.148 e. The fraction of sp³-hybridized carbons (Fsp3) is 0.692. The van der Waals surface area contributed by atoms with Gasteiger partial charge in [-0.3, -0.25) is 4.90 Å². The van der Waals surface area contributed by atoms with Crippen LogP contribution in [0.3, 0.4) is 0 Å². The first-order valence-corrected chi connectivity index (χ1v) is 9.68. The molecule has 0 amide bonds. The van der Waals surface area contributed by atoms with Crippen LogP contribution in [0.15, 0.2) is 16.8 Å². The fourth-order valence-electron chi connectivity index (χ4n) is 2.05. The molecule has 0 spiro atoms.